The number of nitrogens with zero attached hydrogens (tertiary/aromatic N) is 1. The van der Waals surface area contributed by atoms with E-state index < -0.39 is 0 Å². The summed E-state index contributed by atoms with van der Waals surface area (Å²) in [4.78, 5) is 26.1. The quantitative estimate of drug-likeness (QED) is 0.898. The normalized spacial score (nSPS) is 15.3. The van der Waals surface area contributed by atoms with Crippen molar-refractivity contribution in [2.24, 2.45) is 0 Å². The van der Waals surface area contributed by atoms with E-state index in [0.717, 1.165) is 29.7 Å². The van der Waals surface area contributed by atoms with Gasteiger partial charge in [0.25, 0.3) is 0 Å². The predicted octanol–water partition coefficient (Wildman–Crippen LogP) is 3.81. The molecule has 0 unspecified atom stereocenters. The van der Waals surface area contributed by atoms with Crippen LogP contribution in [0.3, 0.4) is 0 Å². The lowest BCUT2D eigenvalue weighted by Crippen LogP contribution is -2.41. The highest BCUT2D eigenvalue weighted by molar-refractivity contribution is 5.92. The van der Waals surface area contributed by atoms with Gasteiger partial charge < -0.3 is 10.2 Å². The Hall–Kier alpha value is -1.84. The monoisotopic (exact) mass is 316 g/mol. The fourth-order valence-electron chi connectivity index (χ4n) is 3.43. The van der Waals surface area contributed by atoms with Crippen molar-refractivity contribution < 1.29 is 9.59 Å². The Morgan fingerprint density at radius 3 is 2.30 bits per heavy atom. The second-order valence-electron chi connectivity index (χ2n) is 6.57. The van der Waals surface area contributed by atoms with E-state index in [1.54, 1.807) is 6.92 Å². The van der Waals surface area contributed by atoms with Gasteiger partial charge in [0.05, 0.1) is 0 Å². The molecule has 1 aromatic rings. The molecule has 4 heteroatoms. The Labute approximate surface area is 139 Å². The number of anilines is 1. The van der Waals surface area contributed by atoms with E-state index in [1.807, 2.05) is 36.9 Å². The molecule has 23 heavy (non-hydrogen) atoms. The summed E-state index contributed by atoms with van der Waals surface area (Å²) in [6.07, 6.45) is 6.11. The summed E-state index contributed by atoms with van der Waals surface area (Å²) >= 11 is 0. The van der Waals surface area contributed by atoms with Crippen LogP contribution in [0.2, 0.25) is 0 Å². The number of para-hydroxylation sites is 1. The van der Waals surface area contributed by atoms with Crippen molar-refractivity contribution in [1.29, 1.82) is 0 Å². The van der Waals surface area contributed by atoms with E-state index in [9.17, 15) is 9.59 Å². The highest BCUT2D eigenvalue weighted by Crippen LogP contribution is 2.23. The van der Waals surface area contributed by atoms with E-state index in [2.05, 4.69) is 5.32 Å². The van der Waals surface area contributed by atoms with Gasteiger partial charge in [0, 0.05) is 31.6 Å². The molecule has 1 aliphatic rings. The molecule has 1 aromatic carbocycles. The number of carbonyl (C=O) groups is 2. The molecule has 1 saturated carbocycles. The molecule has 0 heterocycles. The lowest BCUT2D eigenvalue weighted by atomic mass is 9.94. The third kappa shape index (κ3) is 4.81. The van der Waals surface area contributed by atoms with Gasteiger partial charge >= 0.3 is 0 Å². The molecule has 2 rings (SSSR count). The SMILES string of the molecule is CC(=O)N(CCC(=O)Nc1c(C)cccc1C)C1CCCCC1. The number of carbonyl (C=O) groups excluding carboxylic acids is 2. The number of nitrogens with one attached hydrogen (secondary N) is 1. The molecule has 0 radical (unpaired) electrons. The molecule has 1 N–H and O–H groups in total. The summed E-state index contributed by atoms with van der Waals surface area (Å²) in [5, 5.41) is 3.00. The van der Waals surface area contributed by atoms with E-state index in [0.29, 0.717) is 19.0 Å². The lowest BCUT2D eigenvalue weighted by molar-refractivity contribution is -0.132. The molecule has 4 nitrogen and oxygen atoms in total. The largest absolute Gasteiger partial charge is 0.339 e. The summed E-state index contributed by atoms with van der Waals surface area (Å²) in [6.45, 7) is 6.10. The van der Waals surface area contributed by atoms with E-state index >= 15 is 0 Å². The van der Waals surface area contributed by atoms with Crippen LogP contribution in [0.25, 0.3) is 0 Å². The molecule has 0 spiro atoms. The first kappa shape index (κ1) is 17.5. The second-order valence-corrected chi connectivity index (χ2v) is 6.57. The van der Waals surface area contributed by atoms with Gasteiger partial charge in [-0.1, -0.05) is 37.5 Å². The maximum Gasteiger partial charge on any atom is 0.226 e. The summed E-state index contributed by atoms with van der Waals surface area (Å²) in [5.74, 6) is 0.0567. The van der Waals surface area contributed by atoms with Crippen LogP contribution in [0.4, 0.5) is 5.69 Å². The number of amides is 2. The van der Waals surface area contributed by atoms with Gasteiger partial charge in [0.15, 0.2) is 0 Å². The molecule has 126 valence electrons. The average molecular weight is 316 g/mol. The van der Waals surface area contributed by atoms with E-state index in [-0.39, 0.29) is 11.8 Å². The van der Waals surface area contributed by atoms with Gasteiger partial charge in [-0.05, 0) is 37.8 Å². The van der Waals surface area contributed by atoms with Crippen molar-refractivity contribution in [3.8, 4) is 0 Å². The number of benzene rings is 1. The molecule has 0 saturated heterocycles. The van der Waals surface area contributed by atoms with Crippen molar-refractivity contribution in [2.45, 2.75) is 65.3 Å². The van der Waals surface area contributed by atoms with Crippen molar-refractivity contribution in [2.75, 3.05) is 11.9 Å². The average Bonchev–Trinajstić information content (AvgIpc) is 2.52. The topological polar surface area (TPSA) is 49.4 Å². The lowest BCUT2D eigenvalue weighted by Gasteiger charge is -2.33. The third-order valence-corrected chi connectivity index (χ3v) is 4.75. The first-order valence-electron chi connectivity index (χ1n) is 8.62. The van der Waals surface area contributed by atoms with Crippen LogP contribution in [-0.2, 0) is 9.59 Å². The molecule has 0 atom stereocenters. The van der Waals surface area contributed by atoms with Gasteiger partial charge in [-0.3, -0.25) is 9.59 Å². The zero-order valence-electron chi connectivity index (χ0n) is 14.5. The van der Waals surface area contributed by atoms with Crippen molar-refractivity contribution in [1.82, 2.24) is 4.90 Å². The van der Waals surface area contributed by atoms with Crippen LogP contribution >= 0.6 is 0 Å². The Bertz CT molecular complexity index is 542. The number of aryl methyl sites for hydroxylation is 2. The second kappa shape index (κ2) is 8.14. The molecular formula is C19H28N2O2. The zero-order chi connectivity index (χ0) is 16.8. The minimum absolute atomic E-state index is 0.0236. The van der Waals surface area contributed by atoms with Crippen molar-refractivity contribution in [3.05, 3.63) is 29.3 Å². The minimum atomic E-state index is -0.0236. The summed E-state index contributed by atoms with van der Waals surface area (Å²) < 4.78 is 0. The van der Waals surface area contributed by atoms with Gasteiger partial charge in [0.2, 0.25) is 11.8 Å². The van der Waals surface area contributed by atoms with Crippen LogP contribution < -0.4 is 5.32 Å². The summed E-state index contributed by atoms with van der Waals surface area (Å²) in [7, 11) is 0. The highest BCUT2D eigenvalue weighted by Gasteiger charge is 2.23. The van der Waals surface area contributed by atoms with Gasteiger partial charge in [-0.25, -0.2) is 0 Å². The number of hydrogen-bond acceptors (Lipinski definition) is 2. The van der Waals surface area contributed by atoms with Crippen LogP contribution in [-0.4, -0.2) is 29.3 Å². The molecule has 0 bridgehead atoms. The fraction of sp³-hybridized carbons (Fsp3) is 0.579. The van der Waals surface area contributed by atoms with Crippen LogP contribution in [0.15, 0.2) is 18.2 Å². The number of hydrogen-bond donors (Lipinski definition) is 1. The van der Waals surface area contributed by atoms with E-state index in [1.165, 1.54) is 19.3 Å². The first-order chi connectivity index (χ1) is 11.0. The molecule has 0 aromatic heterocycles. The third-order valence-electron chi connectivity index (χ3n) is 4.75. The maximum absolute atomic E-state index is 12.3. The van der Waals surface area contributed by atoms with Gasteiger partial charge in [-0.2, -0.15) is 0 Å². The van der Waals surface area contributed by atoms with Crippen LogP contribution in [0.1, 0.15) is 56.6 Å². The summed E-state index contributed by atoms with van der Waals surface area (Å²) in [6, 6.07) is 6.29. The molecular weight excluding hydrogens is 288 g/mol. The van der Waals surface area contributed by atoms with Crippen molar-refractivity contribution in [3.63, 3.8) is 0 Å². The maximum atomic E-state index is 12.3. The highest BCUT2D eigenvalue weighted by atomic mass is 16.2. The van der Waals surface area contributed by atoms with Crippen molar-refractivity contribution >= 4 is 17.5 Å². The van der Waals surface area contributed by atoms with E-state index in [4.69, 9.17) is 0 Å². The standard InChI is InChI=1S/C19H28N2O2/c1-14-8-7-9-15(2)19(14)20-18(23)12-13-21(16(3)22)17-10-5-4-6-11-17/h7-9,17H,4-6,10-13H2,1-3H3,(H,20,23). The smallest absolute Gasteiger partial charge is 0.226 e. The molecule has 1 aliphatic carbocycles. The molecule has 0 aliphatic heterocycles. The van der Waals surface area contributed by atoms with Gasteiger partial charge in [0.1, 0.15) is 0 Å². The zero-order valence-corrected chi connectivity index (χ0v) is 14.5. The molecule has 2 amide bonds. The Morgan fingerprint density at radius 1 is 1.13 bits per heavy atom. The Morgan fingerprint density at radius 2 is 1.74 bits per heavy atom. The van der Waals surface area contributed by atoms with Crippen LogP contribution in [0, 0.1) is 13.8 Å². The molecule has 1 fully saturated rings. The Kier molecular flexibility index (Phi) is 6.20. The first-order valence-corrected chi connectivity index (χ1v) is 8.62. The fourth-order valence-corrected chi connectivity index (χ4v) is 3.43. The predicted molar refractivity (Wildman–Crippen MR) is 93.4 cm³/mol. The summed E-state index contributed by atoms with van der Waals surface area (Å²) in [5.41, 5.74) is 3.02. The minimum Gasteiger partial charge on any atom is -0.339 e. The van der Waals surface area contributed by atoms with Crippen LogP contribution in [0.5, 0.6) is 0 Å². The van der Waals surface area contributed by atoms with Gasteiger partial charge in [-0.15, -0.1) is 0 Å². The Balaban J connectivity index is 1.92. The number of rotatable bonds is 5.